The molecule has 1 saturated heterocycles. The van der Waals surface area contributed by atoms with Crippen molar-refractivity contribution in [1.29, 1.82) is 0 Å². The van der Waals surface area contributed by atoms with E-state index in [9.17, 15) is 18.0 Å². The number of amides is 2. The Balaban J connectivity index is 2.16. The normalized spacial score (nSPS) is 26.0. The van der Waals surface area contributed by atoms with Crippen molar-refractivity contribution >= 4 is 44.9 Å². The molecule has 0 bridgehead atoms. The third kappa shape index (κ3) is 6.33. The first-order valence-corrected chi connectivity index (χ1v) is 14.4. The molecule has 0 spiro atoms. The minimum atomic E-state index is -3.57. The maximum atomic E-state index is 13.9. The minimum absolute atomic E-state index is 0.207. The van der Waals surface area contributed by atoms with E-state index in [0.717, 1.165) is 5.56 Å². The van der Waals surface area contributed by atoms with Crippen molar-refractivity contribution in [2.45, 2.75) is 76.0 Å². The van der Waals surface area contributed by atoms with Crippen LogP contribution >= 0.6 is 23.2 Å². The van der Waals surface area contributed by atoms with Gasteiger partial charge in [-0.25, -0.2) is 8.42 Å². The quantitative estimate of drug-likeness (QED) is 0.505. The topological polar surface area (TPSA) is 107 Å². The first kappa shape index (κ1) is 28.7. The molecule has 0 radical (unpaired) electrons. The summed E-state index contributed by atoms with van der Waals surface area (Å²) in [6, 6.07) is 5.94. The number of allylic oxidation sites excluding steroid dienone is 3. The molecule has 1 heterocycles. The third-order valence-corrected chi connectivity index (χ3v) is 9.98. The molecule has 10 heteroatoms. The van der Waals surface area contributed by atoms with Gasteiger partial charge in [0.15, 0.2) is 9.84 Å². The largest absolute Gasteiger partial charge is 0.370 e. The van der Waals surface area contributed by atoms with Crippen molar-refractivity contribution < 1.29 is 22.7 Å². The zero-order chi connectivity index (χ0) is 26.8. The monoisotopic (exact) mass is 556 g/mol. The standard InChI is InChI=1S/C26H34Cl2N2O5S/c1-5-20(15-36(33,34)26(2,3)4)30-23(16-9-11-18(27)12-10-16)24(17-7-6-8-19(28)13-17)35-21(25(30)32)14-22(29)31/h6-9,11-13,16,20-21,23-24H,5,10,14-15H2,1-4H3,(H2,29,31). The second kappa shape index (κ2) is 11.3. The van der Waals surface area contributed by atoms with Crippen molar-refractivity contribution in [3.05, 3.63) is 58.1 Å². The number of carbonyl (C=O) groups excluding carboxylic acids is 2. The summed E-state index contributed by atoms with van der Waals surface area (Å²) in [6.45, 7) is 6.80. The van der Waals surface area contributed by atoms with Gasteiger partial charge in [-0.3, -0.25) is 9.59 Å². The van der Waals surface area contributed by atoms with Crippen LogP contribution in [0.15, 0.2) is 47.5 Å². The van der Waals surface area contributed by atoms with Gasteiger partial charge in [0.25, 0.3) is 5.91 Å². The molecule has 5 atom stereocenters. The van der Waals surface area contributed by atoms with Gasteiger partial charge in [0, 0.05) is 22.0 Å². The molecule has 5 unspecified atom stereocenters. The number of primary amides is 1. The van der Waals surface area contributed by atoms with E-state index in [1.165, 1.54) is 0 Å². The first-order valence-electron chi connectivity index (χ1n) is 12.0. The number of halogens is 2. The van der Waals surface area contributed by atoms with Crippen molar-refractivity contribution in [3.63, 3.8) is 0 Å². The number of morpholine rings is 1. The lowest BCUT2D eigenvalue weighted by Crippen LogP contribution is -2.62. The highest BCUT2D eigenvalue weighted by molar-refractivity contribution is 7.92. The molecule has 3 rings (SSSR count). The zero-order valence-electron chi connectivity index (χ0n) is 21.0. The van der Waals surface area contributed by atoms with Gasteiger partial charge < -0.3 is 15.4 Å². The van der Waals surface area contributed by atoms with Gasteiger partial charge in [-0.1, -0.05) is 54.4 Å². The van der Waals surface area contributed by atoms with Crippen LogP contribution in [0, 0.1) is 5.92 Å². The highest BCUT2D eigenvalue weighted by Gasteiger charge is 2.49. The SMILES string of the molecule is CCC(CS(=O)(=O)C(C)(C)C)N1C(=O)C(CC(N)=O)OC(c2cccc(Cl)c2)C1C1C=CC(Cl)=CC1. The van der Waals surface area contributed by atoms with Gasteiger partial charge in [-0.15, -0.1) is 0 Å². The van der Waals surface area contributed by atoms with Crippen LogP contribution < -0.4 is 5.73 Å². The van der Waals surface area contributed by atoms with Gasteiger partial charge in [0.05, 0.1) is 23.0 Å². The molecule has 1 aromatic rings. The number of nitrogens with zero attached hydrogens (tertiary/aromatic N) is 1. The highest BCUT2D eigenvalue weighted by atomic mass is 35.5. The maximum absolute atomic E-state index is 13.9. The van der Waals surface area contributed by atoms with Crippen molar-refractivity contribution in [2.75, 3.05) is 5.75 Å². The maximum Gasteiger partial charge on any atom is 0.252 e. The van der Waals surface area contributed by atoms with E-state index >= 15 is 0 Å². The number of rotatable bonds is 8. The number of hydrogen-bond acceptors (Lipinski definition) is 5. The third-order valence-electron chi connectivity index (χ3n) is 6.77. The Hall–Kier alpha value is -1.87. The number of carbonyl (C=O) groups is 2. The number of hydrogen-bond donors (Lipinski definition) is 1. The van der Waals surface area contributed by atoms with Crippen LogP contribution in [0.25, 0.3) is 0 Å². The molecular formula is C26H34Cl2N2O5S. The first-order chi connectivity index (χ1) is 16.7. The van der Waals surface area contributed by atoms with E-state index in [-0.39, 0.29) is 18.1 Å². The number of sulfone groups is 1. The summed E-state index contributed by atoms with van der Waals surface area (Å²) in [5, 5.41) is 1.09. The van der Waals surface area contributed by atoms with Crippen molar-refractivity contribution in [3.8, 4) is 0 Å². The number of nitrogens with two attached hydrogens (primary N) is 1. The molecule has 36 heavy (non-hydrogen) atoms. The predicted molar refractivity (Wildman–Crippen MR) is 142 cm³/mol. The van der Waals surface area contributed by atoms with E-state index in [4.69, 9.17) is 33.7 Å². The lowest BCUT2D eigenvalue weighted by atomic mass is 9.82. The van der Waals surface area contributed by atoms with Crippen LogP contribution in [0.3, 0.4) is 0 Å². The van der Waals surface area contributed by atoms with Crippen LogP contribution in [-0.2, 0) is 24.2 Å². The van der Waals surface area contributed by atoms with E-state index in [2.05, 4.69) is 0 Å². The second-order valence-electron chi connectivity index (χ2n) is 10.3. The molecule has 198 valence electrons. The van der Waals surface area contributed by atoms with Crippen LogP contribution in [0.4, 0.5) is 0 Å². The predicted octanol–water partition coefficient (Wildman–Crippen LogP) is 4.54. The van der Waals surface area contributed by atoms with E-state index < -0.39 is 50.7 Å². The lowest BCUT2D eigenvalue weighted by Gasteiger charge is -2.50. The van der Waals surface area contributed by atoms with E-state index in [1.807, 2.05) is 25.1 Å². The summed E-state index contributed by atoms with van der Waals surface area (Å²) >= 11 is 12.5. The van der Waals surface area contributed by atoms with Crippen molar-refractivity contribution in [1.82, 2.24) is 4.90 Å². The van der Waals surface area contributed by atoms with Crippen LogP contribution in [-0.4, -0.2) is 53.8 Å². The molecule has 1 aromatic carbocycles. The summed E-state index contributed by atoms with van der Waals surface area (Å²) in [4.78, 5) is 27.4. The summed E-state index contributed by atoms with van der Waals surface area (Å²) in [7, 11) is -3.57. The van der Waals surface area contributed by atoms with Gasteiger partial charge in [0.2, 0.25) is 5.91 Å². The zero-order valence-corrected chi connectivity index (χ0v) is 23.3. The van der Waals surface area contributed by atoms with Crippen molar-refractivity contribution in [2.24, 2.45) is 11.7 Å². The summed E-state index contributed by atoms with van der Waals surface area (Å²) in [5.74, 6) is -1.55. The van der Waals surface area contributed by atoms with E-state index in [1.54, 1.807) is 49.9 Å². The molecule has 0 aromatic heterocycles. The molecule has 7 nitrogen and oxygen atoms in total. The van der Waals surface area contributed by atoms with Gasteiger partial charge >= 0.3 is 0 Å². The Labute approximate surface area is 223 Å². The number of benzene rings is 1. The molecule has 1 fully saturated rings. The fourth-order valence-corrected chi connectivity index (χ4v) is 6.43. The van der Waals surface area contributed by atoms with Crippen LogP contribution in [0.2, 0.25) is 5.02 Å². The molecule has 2 N–H and O–H groups in total. The molecular weight excluding hydrogens is 523 g/mol. The second-order valence-corrected chi connectivity index (χ2v) is 14.0. The fraction of sp³-hybridized carbons (Fsp3) is 0.538. The molecule has 1 aliphatic heterocycles. The summed E-state index contributed by atoms with van der Waals surface area (Å²) in [6.07, 6.45) is 4.38. The Morgan fingerprint density at radius 1 is 1.28 bits per heavy atom. The number of ether oxygens (including phenoxy) is 1. The fourth-order valence-electron chi connectivity index (χ4n) is 4.67. The summed E-state index contributed by atoms with van der Waals surface area (Å²) < 4.78 is 31.8. The Morgan fingerprint density at radius 2 is 1.97 bits per heavy atom. The molecule has 2 aliphatic rings. The van der Waals surface area contributed by atoms with E-state index in [0.29, 0.717) is 22.9 Å². The molecule has 1 aliphatic carbocycles. The van der Waals surface area contributed by atoms with Gasteiger partial charge in [0.1, 0.15) is 12.2 Å². The Morgan fingerprint density at radius 3 is 2.50 bits per heavy atom. The Kier molecular flexibility index (Phi) is 8.97. The van der Waals surface area contributed by atoms with Crippen LogP contribution in [0.1, 0.15) is 58.6 Å². The highest BCUT2D eigenvalue weighted by Crippen LogP contribution is 2.42. The summed E-state index contributed by atoms with van der Waals surface area (Å²) in [5.41, 5.74) is 6.18. The average molecular weight is 558 g/mol. The average Bonchev–Trinajstić information content (AvgIpc) is 2.78. The Bertz CT molecular complexity index is 1160. The molecule has 0 saturated carbocycles. The lowest BCUT2D eigenvalue weighted by molar-refractivity contribution is -0.183. The molecule has 2 amide bonds. The van der Waals surface area contributed by atoms with Crippen LogP contribution in [0.5, 0.6) is 0 Å². The van der Waals surface area contributed by atoms with Gasteiger partial charge in [-0.05, 0) is 57.4 Å². The van der Waals surface area contributed by atoms with Gasteiger partial charge in [-0.2, -0.15) is 0 Å². The minimum Gasteiger partial charge on any atom is -0.370 e. The smallest absolute Gasteiger partial charge is 0.252 e.